The van der Waals surface area contributed by atoms with E-state index in [0.29, 0.717) is 5.02 Å². The van der Waals surface area contributed by atoms with Gasteiger partial charge in [-0.3, -0.25) is 0 Å². The second kappa shape index (κ2) is 6.20. The molecule has 0 spiro atoms. The van der Waals surface area contributed by atoms with Gasteiger partial charge in [0.05, 0.1) is 6.04 Å². The SMILES string of the molecule is CNC(c1cc(F)c(C)cc1F)c1cc(Cl)ccc1Br. The predicted molar refractivity (Wildman–Crippen MR) is 81.1 cm³/mol. The van der Waals surface area contributed by atoms with Crippen LogP contribution in [0.3, 0.4) is 0 Å². The molecule has 2 aromatic rings. The van der Waals surface area contributed by atoms with Gasteiger partial charge < -0.3 is 5.32 Å². The van der Waals surface area contributed by atoms with Crippen molar-refractivity contribution in [3.63, 3.8) is 0 Å². The monoisotopic (exact) mass is 359 g/mol. The molecule has 0 aliphatic rings. The van der Waals surface area contributed by atoms with Crippen LogP contribution in [0.1, 0.15) is 22.7 Å². The first-order valence-corrected chi connectivity index (χ1v) is 7.19. The van der Waals surface area contributed by atoms with Gasteiger partial charge in [0.2, 0.25) is 0 Å². The molecule has 0 aromatic heterocycles. The van der Waals surface area contributed by atoms with Crippen molar-refractivity contribution < 1.29 is 8.78 Å². The van der Waals surface area contributed by atoms with E-state index in [0.717, 1.165) is 10.0 Å². The first-order chi connectivity index (χ1) is 9.43. The molecular weight excluding hydrogens is 348 g/mol. The van der Waals surface area contributed by atoms with Crippen LogP contribution in [0.5, 0.6) is 0 Å². The van der Waals surface area contributed by atoms with E-state index in [4.69, 9.17) is 11.6 Å². The second-order valence-electron chi connectivity index (χ2n) is 4.51. The molecule has 0 radical (unpaired) electrons. The highest BCUT2D eigenvalue weighted by Gasteiger charge is 2.20. The van der Waals surface area contributed by atoms with Gasteiger partial charge in [-0.2, -0.15) is 0 Å². The van der Waals surface area contributed by atoms with Gasteiger partial charge in [0, 0.05) is 15.1 Å². The zero-order valence-corrected chi connectivity index (χ0v) is 13.3. The Kier molecular flexibility index (Phi) is 4.78. The van der Waals surface area contributed by atoms with Crippen molar-refractivity contribution >= 4 is 27.5 Å². The van der Waals surface area contributed by atoms with E-state index in [1.165, 1.54) is 19.1 Å². The van der Waals surface area contributed by atoms with Crippen molar-refractivity contribution in [2.24, 2.45) is 0 Å². The third-order valence-corrected chi connectivity index (χ3v) is 4.10. The summed E-state index contributed by atoms with van der Waals surface area (Å²) in [6.45, 7) is 1.53. The van der Waals surface area contributed by atoms with Crippen molar-refractivity contribution in [1.82, 2.24) is 5.32 Å². The molecule has 0 heterocycles. The fraction of sp³-hybridized carbons (Fsp3) is 0.200. The third-order valence-electron chi connectivity index (χ3n) is 3.15. The summed E-state index contributed by atoms with van der Waals surface area (Å²) in [5, 5.41) is 3.53. The molecule has 20 heavy (non-hydrogen) atoms. The molecule has 2 aromatic carbocycles. The van der Waals surface area contributed by atoms with E-state index < -0.39 is 17.7 Å². The van der Waals surface area contributed by atoms with Crippen molar-refractivity contribution in [1.29, 1.82) is 0 Å². The topological polar surface area (TPSA) is 12.0 Å². The Morgan fingerprint density at radius 2 is 1.80 bits per heavy atom. The van der Waals surface area contributed by atoms with Crippen LogP contribution in [0.25, 0.3) is 0 Å². The summed E-state index contributed by atoms with van der Waals surface area (Å²) in [7, 11) is 1.69. The lowest BCUT2D eigenvalue weighted by atomic mass is 9.97. The van der Waals surface area contributed by atoms with E-state index in [9.17, 15) is 8.78 Å². The lowest BCUT2D eigenvalue weighted by molar-refractivity contribution is 0.553. The number of benzene rings is 2. The fourth-order valence-corrected chi connectivity index (χ4v) is 2.75. The normalized spacial score (nSPS) is 12.5. The number of aryl methyl sites for hydroxylation is 1. The summed E-state index contributed by atoms with van der Waals surface area (Å²) >= 11 is 9.40. The van der Waals surface area contributed by atoms with Crippen molar-refractivity contribution in [2.45, 2.75) is 13.0 Å². The molecule has 0 bridgehead atoms. The zero-order valence-electron chi connectivity index (χ0n) is 11.0. The second-order valence-corrected chi connectivity index (χ2v) is 5.80. The number of hydrogen-bond donors (Lipinski definition) is 1. The molecule has 0 aliphatic carbocycles. The van der Waals surface area contributed by atoms with Crippen molar-refractivity contribution in [2.75, 3.05) is 7.05 Å². The molecule has 1 unspecified atom stereocenters. The van der Waals surface area contributed by atoms with Crippen molar-refractivity contribution in [3.8, 4) is 0 Å². The molecule has 106 valence electrons. The molecular formula is C15H13BrClF2N. The summed E-state index contributed by atoms with van der Waals surface area (Å²) < 4.78 is 28.6. The first kappa shape index (κ1) is 15.4. The van der Waals surface area contributed by atoms with Crippen LogP contribution < -0.4 is 5.32 Å². The Hall–Kier alpha value is -0.970. The average molecular weight is 361 g/mol. The standard InChI is InChI=1S/C15H13BrClF2N/c1-8-5-14(19)11(7-13(8)18)15(20-2)10-6-9(17)3-4-12(10)16/h3-7,15,20H,1-2H3. The maximum absolute atomic E-state index is 14.1. The Bertz CT molecular complexity index is 646. The summed E-state index contributed by atoms with van der Waals surface area (Å²) in [6.07, 6.45) is 0. The number of nitrogens with one attached hydrogen (secondary N) is 1. The van der Waals surface area contributed by atoms with Gasteiger partial charge in [-0.25, -0.2) is 8.78 Å². The van der Waals surface area contributed by atoms with Crippen LogP contribution in [-0.4, -0.2) is 7.05 Å². The minimum atomic E-state index is -0.488. The average Bonchev–Trinajstić information content (AvgIpc) is 2.40. The van der Waals surface area contributed by atoms with E-state index in [1.807, 2.05) is 0 Å². The minimum absolute atomic E-state index is 0.249. The Morgan fingerprint density at radius 3 is 2.45 bits per heavy atom. The van der Waals surface area contributed by atoms with E-state index in [2.05, 4.69) is 21.2 Å². The zero-order chi connectivity index (χ0) is 14.9. The summed E-state index contributed by atoms with van der Waals surface area (Å²) in [5.74, 6) is -0.880. The molecule has 2 rings (SSSR count). The smallest absolute Gasteiger partial charge is 0.128 e. The van der Waals surface area contributed by atoms with Crippen LogP contribution in [-0.2, 0) is 0 Å². The highest BCUT2D eigenvalue weighted by molar-refractivity contribution is 9.10. The predicted octanol–water partition coefficient (Wildman–Crippen LogP) is 5.00. The highest BCUT2D eigenvalue weighted by Crippen LogP contribution is 2.32. The first-order valence-electron chi connectivity index (χ1n) is 6.01. The lowest BCUT2D eigenvalue weighted by Crippen LogP contribution is -2.20. The Labute approximate surface area is 130 Å². The molecule has 0 saturated heterocycles. The van der Waals surface area contributed by atoms with Gasteiger partial charge >= 0.3 is 0 Å². The Morgan fingerprint density at radius 1 is 1.10 bits per heavy atom. The maximum atomic E-state index is 14.1. The maximum Gasteiger partial charge on any atom is 0.128 e. The summed E-state index contributed by atoms with van der Waals surface area (Å²) in [6, 6.07) is 7.17. The van der Waals surface area contributed by atoms with Gasteiger partial charge in [-0.1, -0.05) is 27.5 Å². The molecule has 0 aliphatic heterocycles. The number of hydrogen-bond acceptors (Lipinski definition) is 1. The largest absolute Gasteiger partial charge is 0.309 e. The molecule has 5 heteroatoms. The minimum Gasteiger partial charge on any atom is -0.309 e. The van der Waals surface area contributed by atoms with Crippen LogP contribution in [0.15, 0.2) is 34.8 Å². The summed E-state index contributed by atoms with van der Waals surface area (Å²) in [4.78, 5) is 0. The van der Waals surface area contributed by atoms with Gasteiger partial charge in [0.25, 0.3) is 0 Å². The van der Waals surface area contributed by atoms with Crippen LogP contribution in [0, 0.1) is 18.6 Å². The molecule has 1 nitrogen and oxygen atoms in total. The molecule has 0 fully saturated rings. The molecule has 1 N–H and O–H groups in total. The van der Waals surface area contributed by atoms with E-state index in [1.54, 1.807) is 25.2 Å². The van der Waals surface area contributed by atoms with Gasteiger partial charge in [-0.15, -0.1) is 0 Å². The lowest BCUT2D eigenvalue weighted by Gasteiger charge is -2.20. The summed E-state index contributed by atoms with van der Waals surface area (Å²) in [5.41, 5.74) is 1.28. The fourth-order valence-electron chi connectivity index (χ4n) is 2.10. The number of rotatable bonds is 3. The van der Waals surface area contributed by atoms with Crippen LogP contribution in [0.4, 0.5) is 8.78 Å². The van der Waals surface area contributed by atoms with Gasteiger partial charge in [0.15, 0.2) is 0 Å². The third kappa shape index (κ3) is 3.03. The van der Waals surface area contributed by atoms with Crippen LogP contribution in [0.2, 0.25) is 5.02 Å². The van der Waals surface area contributed by atoms with Gasteiger partial charge in [-0.05, 0) is 55.4 Å². The van der Waals surface area contributed by atoms with Crippen LogP contribution >= 0.6 is 27.5 Å². The Balaban J connectivity index is 2.58. The van der Waals surface area contributed by atoms with E-state index >= 15 is 0 Å². The van der Waals surface area contributed by atoms with E-state index in [-0.39, 0.29) is 11.1 Å². The van der Waals surface area contributed by atoms with Crippen molar-refractivity contribution in [3.05, 3.63) is 68.2 Å². The molecule has 0 amide bonds. The van der Waals surface area contributed by atoms with Gasteiger partial charge in [0.1, 0.15) is 11.6 Å². The molecule has 1 atom stereocenters. The quantitative estimate of drug-likeness (QED) is 0.812. The molecule has 0 saturated carbocycles. The number of halogens is 4. The highest BCUT2D eigenvalue weighted by atomic mass is 79.9.